The lowest BCUT2D eigenvalue weighted by molar-refractivity contribution is 0.181. The fraction of sp³-hybridized carbons (Fsp3) is 0.308. The van der Waals surface area contributed by atoms with E-state index in [1.807, 2.05) is 48.5 Å². The van der Waals surface area contributed by atoms with Gasteiger partial charge in [-0.3, -0.25) is 0 Å². The maximum absolute atomic E-state index is 10.2. The van der Waals surface area contributed by atoms with E-state index in [2.05, 4.69) is 35.5 Å². The topological polar surface area (TPSA) is 58.9 Å². The first-order valence-electron chi connectivity index (χ1n) is 11.0. The molecule has 0 radical (unpaired) electrons. The minimum Gasteiger partial charge on any atom is -0.507 e. The maximum Gasteiger partial charge on any atom is 0.458 e. The van der Waals surface area contributed by atoms with Crippen LogP contribution in [0.5, 0.6) is 11.5 Å². The third-order valence-electron chi connectivity index (χ3n) is 5.42. The largest absolute Gasteiger partial charge is 0.507 e. The van der Waals surface area contributed by atoms with E-state index >= 15 is 0 Å². The first-order valence-corrected chi connectivity index (χ1v) is 11.8. The Morgan fingerprint density at radius 2 is 2.03 bits per heavy atom. The number of phenolic OH excluding ortho intramolecular Hbond substituents is 1. The molecule has 168 valence electrons. The molecular formula is C26H30BBrO4. The van der Waals surface area contributed by atoms with Gasteiger partial charge in [-0.15, -0.1) is 0 Å². The van der Waals surface area contributed by atoms with Crippen LogP contribution in [-0.4, -0.2) is 30.0 Å². The van der Waals surface area contributed by atoms with Crippen LogP contribution in [0.3, 0.4) is 0 Å². The Hall–Kier alpha value is -2.28. The van der Waals surface area contributed by atoms with Crippen LogP contribution in [0.15, 0.2) is 82.4 Å². The van der Waals surface area contributed by atoms with Gasteiger partial charge in [-0.25, -0.2) is 0 Å². The molecule has 1 atom stereocenters. The zero-order chi connectivity index (χ0) is 22.9. The van der Waals surface area contributed by atoms with Gasteiger partial charge in [0, 0.05) is 16.4 Å². The number of para-hydroxylation sites is 1. The van der Waals surface area contributed by atoms with Gasteiger partial charge in [-0.05, 0) is 60.7 Å². The first kappa shape index (κ1) is 24.4. The molecule has 3 rings (SSSR count). The molecule has 2 N–H and O–H groups in total. The quantitative estimate of drug-likeness (QED) is 0.365. The summed E-state index contributed by atoms with van der Waals surface area (Å²) in [7, 11) is -0.806. The van der Waals surface area contributed by atoms with Gasteiger partial charge in [-0.1, -0.05) is 71.8 Å². The molecule has 0 saturated heterocycles. The van der Waals surface area contributed by atoms with Gasteiger partial charge in [0.15, 0.2) is 0 Å². The first-order chi connectivity index (χ1) is 15.5. The summed E-state index contributed by atoms with van der Waals surface area (Å²) < 4.78 is 12.7. The van der Waals surface area contributed by atoms with Crippen LogP contribution < -0.4 is 4.74 Å². The molecule has 32 heavy (non-hydrogen) atoms. The number of hydrogen-bond donors (Lipinski definition) is 2. The van der Waals surface area contributed by atoms with Crippen LogP contribution in [0.25, 0.3) is 6.08 Å². The van der Waals surface area contributed by atoms with Crippen molar-refractivity contribution in [1.29, 1.82) is 0 Å². The van der Waals surface area contributed by atoms with Gasteiger partial charge in [0.25, 0.3) is 0 Å². The summed E-state index contributed by atoms with van der Waals surface area (Å²) >= 11 is 3.47. The molecule has 0 saturated carbocycles. The van der Waals surface area contributed by atoms with Crippen molar-refractivity contribution in [1.82, 2.24) is 0 Å². The Labute approximate surface area is 199 Å². The van der Waals surface area contributed by atoms with E-state index in [1.165, 1.54) is 5.57 Å². The zero-order valence-corrected chi connectivity index (χ0v) is 20.1. The SMILES string of the molecule is C=C(COc1ccccc1)C1=CCB(O)OC1CC/C(=C/c1cc(Br)ccc1O)CCC. The normalized spacial score (nSPS) is 16.6. The Morgan fingerprint density at radius 1 is 1.25 bits per heavy atom. The molecule has 0 fully saturated rings. The molecule has 1 heterocycles. The van der Waals surface area contributed by atoms with Crippen LogP contribution in [0.1, 0.15) is 38.2 Å². The monoisotopic (exact) mass is 496 g/mol. The van der Waals surface area contributed by atoms with Gasteiger partial charge in [0.1, 0.15) is 18.1 Å². The summed E-state index contributed by atoms with van der Waals surface area (Å²) in [6.07, 6.45) is 7.71. The molecule has 1 unspecified atom stereocenters. The number of phenols is 1. The number of allylic oxidation sites excluding steroid dienone is 2. The third-order valence-corrected chi connectivity index (χ3v) is 5.91. The highest BCUT2D eigenvalue weighted by Gasteiger charge is 2.28. The van der Waals surface area contributed by atoms with Crippen molar-refractivity contribution in [2.75, 3.05) is 6.61 Å². The number of rotatable bonds is 10. The molecule has 1 aliphatic heterocycles. The molecule has 2 aromatic carbocycles. The average Bonchev–Trinajstić information content (AvgIpc) is 2.79. The van der Waals surface area contributed by atoms with Crippen molar-refractivity contribution in [3.63, 3.8) is 0 Å². The van der Waals surface area contributed by atoms with Crippen LogP contribution in [0.4, 0.5) is 0 Å². The zero-order valence-electron chi connectivity index (χ0n) is 18.5. The Bertz CT molecular complexity index is 971. The average molecular weight is 497 g/mol. The summed E-state index contributed by atoms with van der Waals surface area (Å²) in [6.45, 7) is 6.73. The summed E-state index contributed by atoms with van der Waals surface area (Å²) in [5.41, 5.74) is 3.88. The second-order valence-corrected chi connectivity index (χ2v) is 8.89. The van der Waals surface area contributed by atoms with E-state index in [-0.39, 0.29) is 11.9 Å². The van der Waals surface area contributed by atoms with E-state index < -0.39 is 7.12 Å². The lowest BCUT2D eigenvalue weighted by Gasteiger charge is -2.28. The van der Waals surface area contributed by atoms with E-state index in [0.717, 1.165) is 46.2 Å². The standard InChI is InChI=1S/C26H30BBrO4/c1-3-7-20(16-21-17-22(28)11-12-25(21)29)10-13-26-24(14-15-27(30)32-26)19(2)18-31-23-8-5-4-6-9-23/h4-6,8-9,11-12,14,16-17,26,29-30H,2-3,7,10,13,15,18H2,1H3/b20-16+. The molecule has 0 amide bonds. The van der Waals surface area contributed by atoms with E-state index in [1.54, 1.807) is 6.07 Å². The minimum absolute atomic E-state index is 0.248. The fourth-order valence-corrected chi connectivity index (χ4v) is 4.19. The maximum atomic E-state index is 10.2. The van der Waals surface area contributed by atoms with Crippen molar-refractivity contribution in [3.05, 3.63) is 87.9 Å². The van der Waals surface area contributed by atoms with E-state index in [0.29, 0.717) is 19.3 Å². The smallest absolute Gasteiger partial charge is 0.458 e. The molecule has 0 bridgehead atoms. The molecular weight excluding hydrogens is 467 g/mol. The van der Waals surface area contributed by atoms with E-state index in [9.17, 15) is 10.1 Å². The predicted molar refractivity (Wildman–Crippen MR) is 135 cm³/mol. The van der Waals surface area contributed by atoms with Crippen molar-refractivity contribution in [3.8, 4) is 11.5 Å². The molecule has 0 spiro atoms. The number of ether oxygens (including phenoxy) is 1. The lowest BCUT2D eigenvalue weighted by atomic mass is 9.78. The highest BCUT2D eigenvalue weighted by Crippen LogP contribution is 2.31. The molecule has 2 aromatic rings. The van der Waals surface area contributed by atoms with Gasteiger partial charge in [0.05, 0.1) is 6.10 Å². The highest BCUT2D eigenvalue weighted by atomic mass is 79.9. The second-order valence-electron chi connectivity index (χ2n) is 7.97. The van der Waals surface area contributed by atoms with Gasteiger partial charge in [0.2, 0.25) is 0 Å². The van der Waals surface area contributed by atoms with Crippen molar-refractivity contribution in [2.45, 2.75) is 45.0 Å². The second kappa shape index (κ2) is 12.1. The Kier molecular flexibility index (Phi) is 9.21. The van der Waals surface area contributed by atoms with Crippen LogP contribution >= 0.6 is 15.9 Å². The minimum atomic E-state index is -0.806. The predicted octanol–water partition coefficient (Wildman–Crippen LogP) is 6.56. The third kappa shape index (κ3) is 7.12. The Morgan fingerprint density at radius 3 is 2.78 bits per heavy atom. The summed E-state index contributed by atoms with van der Waals surface area (Å²) in [5, 5.41) is 20.3. The molecule has 6 heteroatoms. The number of halogens is 1. The molecule has 0 aromatic heterocycles. The molecule has 4 nitrogen and oxygen atoms in total. The summed E-state index contributed by atoms with van der Waals surface area (Å²) in [5.74, 6) is 1.06. The lowest BCUT2D eigenvalue weighted by Crippen LogP contribution is -2.32. The number of aromatic hydroxyl groups is 1. The van der Waals surface area contributed by atoms with Gasteiger partial charge >= 0.3 is 7.12 Å². The number of hydrogen-bond acceptors (Lipinski definition) is 4. The van der Waals surface area contributed by atoms with E-state index in [4.69, 9.17) is 9.39 Å². The molecule has 0 aliphatic carbocycles. The molecule has 1 aliphatic rings. The van der Waals surface area contributed by atoms with Crippen LogP contribution in [-0.2, 0) is 4.65 Å². The van der Waals surface area contributed by atoms with Crippen LogP contribution in [0, 0.1) is 0 Å². The Balaban J connectivity index is 1.68. The van der Waals surface area contributed by atoms with Gasteiger partial charge in [-0.2, -0.15) is 0 Å². The highest BCUT2D eigenvalue weighted by molar-refractivity contribution is 9.10. The van der Waals surface area contributed by atoms with Crippen molar-refractivity contribution >= 4 is 29.1 Å². The van der Waals surface area contributed by atoms with Gasteiger partial charge < -0.3 is 19.5 Å². The fourth-order valence-electron chi connectivity index (χ4n) is 3.81. The summed E-state index contributed by atoms with van der Waals surface area (Å²) in [4.78, 5) is 0. The summed E-state index contributed by atoms with van der Waals surface area (Å²) in [6, 6.07) is 15.1. The van der Waals surface area contributed by atoms with Crippen molar-refractivity contribution < 1.29 is 19.5 Å². The van der Waals surface area contributed by atoms with Crippen molar-refractivity contribution in [2.24, 2.45) is 0 Å². The number of benzene rings is 2. The van der Waals surface area contributed by atoms with Crippen LogP contribution in [0.2, 0.25) is 6.32 Å².